The Morgan fingerprint density at radius 1 is 1.38 bits per heavy atom. The average molecular weight is 235 g/mol. The molecule has 6 heteroatoms. The van der Waals surface area contributed by atoms with E-state index < -0.39 is 0 Å². The predicted octanol–water partition coefficient (Wildman–Crippen LogP) is 1.13. The number of hydrogen-bond acceptors (Lipinski definition) is 5. The van der Waals surface area contributed by atoms with Gasteiger partial charge in [-0.15, -0.1) is 0 Å². The number of rotatable bonds is 3. The van der Waals surface area contributed by atoms with Crippen LogP contribution < -0.4 is 5.73 Å². The third kappa shape index (κ3) is 2.40. The van der Waals surface area contributed by atoms with Crippen molar-refractivity contribution >= 4 is 11.8 Å². The Morgan fingerprint density at radius 2 is 2.06 bits per heavy atom. The summed E-state index contributed by atoms with van der Waals surface area (Å²) in [5.41, 5.74) is 7.40. The molecule has 2 aromatic rings. The van der Waals surface area contributed by atoms with Crippen LogP contribution in [-0.4, -0.2) is 19.7 Å². The molecule has 0 amide bonds. The van der Waals surface area contributed by atoms with E-state index in [4.69, 9.17) is 5.73 Å². The van der Waals surface area contributed by atoms with E-state index in [2.05, 4.69) is 15.1 Å². The van der Waals surface area contributed by atoms with Crippen LogP contribution in [0.3, 0.4) is 0 Å². The molecule has 2 N–H and O–H groups in total. The highest BCUT2D eigenvalue weighted by molar-refractivity contribution is 7.99. The Bertz CT molecular complexity index is 476. The molecular formula is C10H13N5S. The van der Waals surface area contributed by atoms with E-state index in [0.717, 1.165) is 16.3 Å². The lowest BCUT2D eigenvalue weighted by Crippen LogP contribution is -1.99. The molecule has 0 aliphatic rings. The predicted molar refractivity (Wildman–Crippen MR) is 62.0 cm³/mol. The van der Waals surface area contributed by atoms with E-state index in [0.29, 0.717) is 11.7 Å². The second-order valence-corrected chi connectivity index (χ2v) is 4.42. The van der Waals surface area contributed by atoms with E-state index in [1.165, 1.54) is 11.8 Å². The zero-order valence-corrected chi connectivity index (χ0v) is 10.0. The van der Waals surface area contributed by atoms with Gasteiger partial charge in [-0.25, -0.2) is 9.97 Å². The van der Waals surface area contributed by atoms with Crippen LogP contribution in [-0.2, 0) is 13.6 Å². The molecule has 2 heterocycles. The SMILES string of the molecule is Cc1cc(Sc2ncc(CN)cn2)n(C)n1. The quantitative estimate of drug-likeness (QED) is 0.808. The molecule has 0 fully saturated rings. The summed E-state index contributed by atoms with van der Waals surface area (Å²) in [4.78, 5) is 8.45. The standard InChI is InChI=1S/C10H13N5S/c1-7-3-9(15(2)14-7)16-10-12-5-8(4-11)6-13-10/h3,5-6H,4,11H2,1-2H3. The minimum Gasteiger partial charge on any atom is -0.326 e. The van der Waals surface area contributed by atoms with Gasteiger partial charge < -0.3 is 5.73 Å². The van der Waals surface area contributed by atoms with E-state index in [1.807, 2.05) is 24.7 Å². The van der Waals surface area contributed by atoms with Gasteiger partial charge in [0.2, 0.25) is 0 Å². The highest BCUT2D eigenvalue weighted by Crippen LogP contribution is 2.24. The maximum absolute atomic E-state index is 5.48. The molecule has 0 aromatic carbocycles. The van der Waals surface area contributed by atoms with Gasteiger partial charge in [-0.05, 0) is 24.8 Å². The van der Waals surface area contributed by atoms with E-state index in [1.54, 1.807) is 12.4 Å². The van der Waals surface area contributed by atoms with Crippen molar-refractivity contribution in [1.82, 2.24) is 19.7 Å². The van der Waals surface area contributed by atoms with Crippen LogP contribution in [0.4, 0.5) is 0 Å². The molecule has 5 nitrogen and oxygen atoms in total. The largest absolute Gasteiger partial charge is 0.326 e. The average Bonchev–Trinajstić information content (AvgIpc) is 2.59. The van der Waals surface area contributed by atoms with Gasteiger partial charge in [0.25, 0.3) is 0 Å². The number of nitrogens with zero attached hydrogens (tertiary/aromatic N) is 4. The van der Waals surface area contributed by atoms with E-state index >= 15 is 0 Å². The van der Waals surface area contributed by atoms with E-state index in [9.17, 15) is 0 Å². The zero-order chi connectivity index (χ0) is 11.5. The van der Waals surface area contributed by atoms with Crippen LogP contribution in [0.1, 0.15) is 11.3 Å². The van der Waals surface area contributed by atoms with Crippen molar-refractivity contribution in [2.24, 2.45) is 12.8 Å². The minimum absolute atomic E-state index is 0.468. The van der Waals surface area contributed by atoms with E-state index in [-0.39, 0.29) is 0 Å². The fraction of sp³-hybridized carbons (Fsp3) is 0.300. The van der Waals surface area contributed by atoms with Crippen molar-refractivity contribution in [3.8, 4) is 0 Å². The van der Waals surface area contributed by atoms with Gasteiger partial charge in [0.1, 0.15) is 5.03 Å². The highest BCUT2D eigenvalue weighted by atomic mass is 32.2. The number of aryl methyl sites for hydroxylation is 2. The lowest BCUT2D eigenvalue weighted by molar-refractivity contribution is 0.691. The van der Waals surface area contributed by atoms with Crippen molar-refractivity contribution in [2.45, 2.75) is 23.7 Å². The summed E-state index contributed by atoms with van der Waals surface area (Å²) in [5, 5.41) is 6.00. The first kappa shape index (κ1) is 11.1. The van der Waals surface area contributed by atoms with Crippen molar-refractivity contribution < 1.29 is 0 Å². The van der Waals surface area contributed by atoms with Gasteiger partial charge in [-0.1, -0.05) is 0 Å². The van der Waals surface area contributed by atoms with Crippen LogP contribution in [0.15, 0.2) is 28.6 Å². The second-order valence-electron chi connectivity index (χ2n) is 3.43. The maximum atomic E-state index is 5.48. The summed E-state index contributed by atoms with van der Waals surface area (Å²) >= 11 is 1.49. The molecule has 0 aliphatic carbocycles. The number of aromatic nitrogens is 4. The second kappa shape index (κ2) is 4.63. The Hall–Kier alpha value is -1.40. The number of nitrogens with two attached hydrogens (primary N) is 1. The maximum Gasteiger partial charge on any atom is 0.193 e. The lowest BCUT2D eigenvalue weighted by Gasteiger charge is -2.00. The smallest absolute Gasteiger partial charge is 0.193 e. The summed E-state index contributed by atoms with van der Waals surface area (Å²) in [5.74, 6) is 0. The Kier molecular flexibility index (Phi) is 3.21. The fourth-order valence-electron chi connectivity index (χ4n) is 1.28. The van der Waals surface area contributed by atoms with Gasteiger partial charge in [0.05, 0.1) is 5.69 Å². The van der Waals surface area contributed by atoms with Crippen LogP contribution in [0.5, 0.6) is 0 Å². The molecule has 2 aromatic heterocycles. The van der Waals surface area contributed by atoms with Crippen LogP contribution in [0.2, 0.25) is 0 Å². The Labute approximate surface area is 98.1 Å². The van der Waals surface area contributed by atoms with Gasteiger partial charge in [-0.2, -0.15) is 5.10 Å². The molecule has 0 saturated carbocycles. The Morgan fingerprint density at radius 3 is 2.56 bits per heavy atom. The molecule has 0 atom stereocenters. The van der Waals surface area contributed by atoms with Crippen molar-refractivity contribution in [3.05, 3.63) is 29.7 Å². The molecule has 0 aliphatic heterocycles. The normalized spacial score (nSPS) is 10.7. The molecule has 0 radical (unpaired) electrons. The first-order chi connectivity index (χ1) is 7.69. The van der Waals surface area contributed by atoms with Gasteiger partial charge in [0, 0.05) is 31.5 Å². The van der Waals surface area contributed by atoms with Crippen molar-refractivity contribution in [1.29, 1.82) is 0 Å². The monoisotopic (exact) mass is 235 g/mol. The van der Waals surface area contributed by atoms with Crippen LogP contribution >= 0.6 is 11.8 Å². The number of hydrogen-bond donors (Lipinski definition) is 1. The molecule has 0 spiro atoms. The van der Waals surface area contributed by atoms with Gasteiger partial charge >= 0.3 is 0 Å². The first-order valence-corrected chi connectivity index (χ1v) is 5.70. The van der Waals surface area contributed by atoms with Crippen molar-refractivity contribution in [2.75, 3.05) is 0 Å². The molecular weight excluding hydrogens is 222 g/mol. The molecule has 2 rings (SSSR count). The van der Waals surface area contributed by atoms with Crippen LogP contribution in [0, 0.1) is 6.92 Å². The summed E-state index contributed by atoms with van der Waals surface area (Å²) in [6, 6.07) is 2.00. The van der Waals surface area contributed by atoms with Crippen molar-refractivity contribution in [3.63, 3.8) is 0 Å². The summed E-state index contributed by atoms with van der Waals surface area (Å²) in [6.07, 6.45) is 3.50. The molecule has 84 valence electrons. The molecule has 0 saturated heterocycles. The lowest BCUT2D eigenvalue weighted by atomic mass is 10.4. The third-order valence-corrected chi connectivity index (χ3v) is 3.06. The summed E-state index contributed by atoms with van der Waals surface area (Å²) < 4.78 is 1.82. The topological polar surface area (TPSA) is 69.6 Å². The molecule has 0 bridgehead atoms. The summed E-state index contributed by atoms with van der Waals surface area (Å²) in [7, 11) is 1.91. The first-order valence-electron chi connectivity index (χ1n) is 4.88. The highest BCUT2D eigenvalue weighted by Gasteiger charge is 2.06. The van der Waals surface area contributed by atoms with Gasteiger partial charge in [-0.3, -0.25) is 4.68 Å². The minimum atomic E-state index is 0.468. The Balaban J connectivity index is 2.17. The summed E-state index contributed by atoms with van der Waals surface area (Å²) in [6.45, 7) is 2.43. The molecule has 0 unspecified atom stereocenters. The van der Waals surface area contributed by atoms with Crippen LogP contribution in [0.25, 0.3) is 0 Å². The molecule has 16 heavy (non-hydrogen) atoms. The third-order valence-electron chi connectivity index (χ3n) is 2.07. The van der Waals surface area contributed by atoms with Gasteiger partial charge in [0.15, 0.2) is 5.16 Å². The fourth-order valence-corrected chi connectivity index (χ4v) is 2.08. The zero-order valence-electron chi connectivity index (χ0n) is 9.21.